The molecule has 0 saturated carbocycles. The molecule has 0 radical (unpaired) electrons. The number of nitrogens with zero attached hydrogens (tertiary/aromatic N) is 2. The van der Waals surface area contributed by atoms with Crippen molar-refractivity contribution in [2.24, 2.45) is 0 Å². The van der Waals surface area contributed by atoms with E-state index in [1.807, 2.05) is 0 Å². The van der Waals surface area contributed by atoms with E-state index in [4.69, 9.17) is 0 Å². The van der Waals surface area contributed by atoms with Crippen molar-refractivity contribution in [3.8, 4) is 0 Å². The number of anilines is 2. The summed E-state index contributed by atoms with van der Waals surface area (Å²) in [6.07, 6.45) is 2.74. The maximum atomic E-state index is 13.6. The van der Waals surface area contributed by atoms with Crippen molar-refractivity contribution in [2.75, 3.05) is 5.32 Å². The maximum Gasteiger partial charge on any atom is 0.271 e. The lowest BCUT2D eigenvalue weighted by Gasteiger charge is -2.08. The molecule has 2 aromatic carbocycles. The normalized spacial score (nSPS) is 10.3. The fraction of sp³-hybridized carbons (Fsp3) is 0.100. The SMILES string of the molecule is CC(=O)c1cccc(Nc2cnc(C(=O)NCc3ccccc3F)cn2)c1. The van der Waals surface area contributed by atoms with Crippen LogP contribution in [0.1, 0.15) is 33.3 Å². The molecule has 0 aliphatic carbocycles. The molecular formula is C20H17FN4O2. The Kier molecular flexibility index (Phi) is 5.51. The van der Waals surface area contributed by atoms with Gasteiger partial charge in [-0.2, -0.15) is 0 Å². The van der Waals surface area contributed by atoms with E-state index < -0.39 is 5.91 Å². The van der Waals surface area contributed by atoms with Crippen LogP contribution in [0.4, 0.5) is 15.9 Å². The van der Waals surface area contributed by atoms with E-state index in [0.29, 0.717) is 22.6 Å². The Morgan fingerprint density at radius 1 is 1.04 bits per heavy atom. The molecule has 0 saturated heterocycles. The monoisotopic (exact) mass is 364 g/mol. The molecule has 0 aliphatic heterocycles. The van der Waals surface area contributed by atoms with E-state index in [2.05, 4.69) is 20.6 Å². The Hall–Kier alpha value is -3.61. The summed E-state index contributed by atoms with van der Waals surface area (Å²) in [5, 5.41) is 5.63. The van der Waals surface area contributed by atoms with Crippen LogP contribution in [0.25, 0.3) is 0 Å². The zero-order valence-corrected chi connectivity index (χ0v) is 14.6. The molecule has 27 heavy (non-hydrogen) atoms. The van der Waals surface area contributed by atoms with Crippen molar-refractivity contribution >= 4 is 23.2 Å². The predicted octanol–water partition coefficient (Wildman–Crippen LogP) is 3.49. The van der Waals surface area contributed by atoms with Crippen LogP contribution in [-0.2, 0) is 6.54 Å². The number of rotatable bonds is 6. The van der Waals surface area contributed by atoms with Crippen molar-refractivity contribution in [2.45, 2.75) is 13.5 Å². The third-order valence-electron chi connectivity index (χ3n) is 3.82. The number of hydrogen-bond acceptors (Lipinski definition) is 5. The second kappa shape index (κ2) is 8.18. The second-order valence-corrected chi connectivity index (χ2v) is 5.82. The highest BCUT2D eigenvalue weighted by Crippen LogP contribution is 2.16. The van der Waals surface area contributed by atoms with Crippen molar-refractivity contribution in [3.05, 3.63) is 83.6 Å². The van der Waals surface area contributed by atoms with Crippen LogP contribution in [0, 0.1) is 5.82 Å². The molecule has 136 valence electrons. The molecule has 3 aromatic rings. The number of benzene rings is 2. The van der Waals surface area contributed by atoms with Crippen LogP contribution in [0.3, 0.4) is 0 Å². The minimum Gasteiger partial charge on any atom is -0.346 e. The average molecular weight is 364 g/mol. The van der Waals surface area contributed by atoms with Gasteiger partial charge in [-0.3, -0.25) is 9.59 Å². The predicted molar refractivity (Wildman–Crippen MR) is 99.3 cm³/mol. The number of halogens is 1. The topological polar surface area (TPSA) is 84.0 Å². The second-order valence-electron chi connectivity index (χ2n) is 5.82. The van der Waals surface area contributed by atoms with Crippen LogP contribution in [0.15, 0.2) is 60.9 Å². The minimum atomic E-state index is -0.448. The summed E-state index contributed by atoms with van der Waals surface area (Å²) in [5.74, 6) is -0.430. The highest BCUT2D eigenvalue weighted by atomic mass is 19.1. The Bertz CT molecular complexity index is 974. The molecule has 0 atom stereocenters. The molecule has 1 aromatic heterocycles. The first-order valence-electron chi connectivity index (χ1n) is 8.24. The third-order valence-corrected chi connectivity index (χ3v) is 3.82. The Morgan fingerprint density at radius 2 is 1.85 bits per heavy atom. The van der Waals surface area contributed by atoms with Gasteiger partial charge in [-0.25, -0.2) is 14.4 Å². The zero-order valence-electron chi connectivity index (χ0n) is 14.6. The molecule has 2 N–H and O–H groups in total. The smallest absolute Gasteiger partial charge is 0.271 e. The number of ketones is 1. The fourth-order valence-corrected chi connectivity index (χ4v) is 2.38. The summed E-state index contributed by atoms with van der Waals surface area (Å²) in [4.78, 5) is 31.8. The fourth-order valence-electron chi connectivity index (χ4n) is 2.38. The van der Waals surface area contributed by atoms with Gasteiger partial charge in [0.15, 0.2) is 5.78 Å². The minimum absolute atomic E-state index is 0.0356. The van der Waals surface area contributed by atoms with E-state index in [1.165, 1.54) is 25.4 Å². The number of Topliss-reactive ketones (excluding diaryl/α,β-unsaturated/α-hetero) is 1. The molecule has 0 spiro atoms. The number of nitrogens with one attached hydrogen (secondary N) is 2. The van der Waals surface area contributed by atoms with Crippen LogP contribution >= 0.6 is 0 Å². The van der Waals surface area contributed by atoms with Crippen molar-refractivity contribution in [1.82, 2.24) is 15.3 Å². The molecule has 0 aliphatic rings. The molecule has 1 amide bonds. The molecule has 1 heterocycles. The lowest BCUT2D eigenvalue weighted by molar-refractivity contribution is 0.0944. The van der Waals surface area contributed by atoms with Gasteiger partial charge in [0.2, 0.25) is 0 Å². The number of carbonyl (C=O) groups excluding carboxylic acids is 2. The van der Waals surface area contributed by atoms with E-state index in [-0.39, 0.29) is 23.8 Å². The van der Waals surface area contributed by atoms with E-state index >= 15 is 0 Å². The number of hydrogen-bond donors (Lipinski definition) is 2. The van der Waals surface area contributed by atoms with Gasteiger partial charge in [-0.05, 0) is 25.1 Å². The first kappa shape index (κ1) is 18.2. The van der Waals surface area contributed by atoms with Gasteiger partial charge in [0.1, 0.15) is 17.3 Å². The van der Waals surface area contributed by atoms with E-state index in [9.17, 15) is 14.0 Å². The van der Waals surface area contributed by atoms with Gasteiger partial charge in [0, 0.05) is 23.4 Å². The molecule has 7 heteroatoms. The van der Waals surface area contributed by atoms with Gasteiger partial charge < -0.3 is 10.6 Å². The number of amides is 1. The first-order valence-corrected chi connectivity index (χ1v) is 8.24. The molecule has 0 bridgehead atoms. The molecule has 6 nitrogen and oxygen atoms in total. The lowest BCUT2D eigenvalue weighted by Crippen LogP contribution is -2.24. The van der Waals surface area contributed by atoms with E-state index in [1.54, 1.807) is 42.5 Å². The summed E-state index contributed by atoms with van der Waals surface area (Å²) >= 11 is 0. The van der Waals surface area contributed by atoms with Crippen LogP contribution in [0.2, 0.25) is 0 Å². The highest BCUT2D eigenvalue weighted by Gasteiger charge is 2.09. The van der Waals surface area contributed by atoms with Gasteiger partial charge in [-0.1, -0.05) is 30.3 Å². The van der Waals surface area contributed by atoms with Crippen LogP contribution < -0.4 is 10.6 Å². The maximum absolute atomic E-state index is 13.6. The highest BCUT2D eigenvalue weighted by molar-refractivity contribution is 5.95. The summed E-state index contributed by atoms with van der Waals surface area (Å²) in [6.45, 7) is 1.55. The van der Waals surface area contributed by atoms with Gasteiger partial charge in [0.25, 0.3) is 5.91 Å². The third kappa shape index (κ3) is 4.72. The zero-order chi connectivity index (χ0) is 19.2. The summed E-state index contributed by atoms with van der Waals surface area (Å²) in [6, 6.07) is 13.2. The first-order chi connectivity index (χ1) is 13.0. The quantitative estimate of drug-likeness (QED) is 0.654. The summed E-state index contributed by atoms with van der Waals surface area (Å²) < 4.78 is 13.6. The Balaban J connectivity index is 1.63. The largest absolute Gasteiger partial charge is 0.346 e. The molecular weight excluding hydrogens is 347 g/mol. The standard InChI is InChI=1S/C20H17FN4O2/c1-13(26)14-6-4-7-16(9-14)25-19-12-22-18(11-23-19)20(27)24-10-15-5-2-3-8-17(15)21/h2-9,11-12H,10H2,1H3,(H,23,25)(H,24,27). The van der Waals surface area contributed by atoms with Crippen molar-refractivity contribution in [3.63, 3.8) is 0 Å². The van der Waals surface area contributed by atoms with Crippen molar-refractivity contribution in [1.29, 1.82) is 0 Å². The van der Waals surface area contributed by atoms with Gasteiger partial charge in [-0.15, -0.1) is 0 Å². The summed E-state index contributed by atoms with van der Waals surface area (Å²) in [7, 11) is 0. The Morgan fingerprint density at radius 3 is 2.56 bits per heavy atom. The average Bonchev–Trinajstić information content (AvgIpc) is 2.68. The van der Waals surface area contributed by atoms with Gasteiger partial charge >= 0.3 is 0 Å². The summed E-state index contributed by atoms with van der Waals surface area (Å²) in [5.41, 5.74) is 1.78. The number of aromatic nitrogens is 2. The molecule has 0 unspecified atom stereocenters. The lowest BCUT2D eigenvalue weighted by atomic mass is 10.1. The molecule has 0 fully saturated rings. The van der Waals surface area contributed by atoms with Gasteiger partial charge in [0.05, 0.1) is 12.4 Å². The van der Waals surface area contributed by atoms with Crippen LogP contribution in [-0.4, -0.2) is 21.7 Å². The van der Waals surface area contributed by atoms with E-state index in [0.717, 1.165) is 0 Å². The number of carbonyl (C=O) groups is 2. The van der Waals surface area contributed by atoms with Crippen LogP contribution in [0.5, 0.6) is 0 Å². The Labute approximate surface area is 155 Å². The molecule has 3 rings (SSSR count). The van der Waals surface area contributed by atoms with Crippen molar-refractivity contribution < 1.29 is 14.0 Å².